The van der Waals surface area contributed by atoms with Gasteiger partial charge >= 0.3 is 6.03 Å². The van der Waals surface area contributed by atoms with E-state index in [-0.39, 0.29) is 18.5 Å². The van der Waals surface area contributed by atoms with E-state index >= 15 is 0 Å². The Hall–Kier alpha value is -2.30. The molecule has 1 aromatic carbocycles. The molecule has 0 fully saturated rings. The standard InChI is InChI=1S/C18H27N3O2/c1-15(2)14-21(17(22)13-19-18(23)20(3)4)12-8-11-16-9-6-5-7-10-16/h5-11,15H,12-14H2,1-4H3,(H,19,23)/b11-8+. The number of carbonyl (C=O) groups excluding carboxylic acids is 2. The summed E-state index contributed by atoms with van der Waals surface area (Å²) in [5.41, 5.74) is 1.10. The van der Waals surface area contributed by atoms with Crippen molar-refractivity contribution in [3.05, 3.63) is 42.0 Å². The first-order chi connectivity index (χ1) is 10.9. The minimum Gasteiger partial charge on any atom is -0.337 e. The van der Waals surface area contributed by atoms with Crippen LogP contribution in [0.4, 0.5) is 4.79 Å². The van der Waals surface area contributed by atoms with Crippen molar-refractivity contribution in [1.82, 2.24) is 15.1 Å². The molecule has 5 nitrogen and oxygen atoms in total. The van der Waals surface area contributed by atoms with Gasteiger partial charge in [0.1, 0.15) is 0 Å². The monoisotopic (exact) mass is 317 g/mol. The van der Waals surface area contributed by atoms with Crippen LogP contribution in [-0.4, -0.2) is 55.5 Å². The molecule has 1 aromatic rings. The van der Waals surface area contributed by atoms with E-state index < -0.39 is 0 Å². The molecule has 0 atom stereocenters. The Bertz CT molecular complexity index is 524. The second-order valence-corrected chi connectivity index (χ2v) is 6.06. The molecule has 0 radical (unpaired) electrons. The lowest BCUT2D eigenvalue weighted by Crippen LogP contribution is -2.44. The molecular weight excluding hydrogens is 290 g/mol. The molecule has 0 saturated heterocycles. The number of nitrogens with zero attached hydrogens (tertiary/aromatic N) is 2. The van der Waals surface area contributed by atoms with Crippen molar-refractivity contribution in [2.24, 2.45) is 5.92 Å². The van der Waals surface area contributed by atoms with Crippen LogP contribution in [0.1, 0.15) is 19.4 Å². The number of amides is 3. The summed E-state index contributed by atoms with van der Waals surface area (Å²) < 4.78 is 0. The third-order valence-electron chi connectivity index (χ3n) is 3.17. The van der Waals surface area contributed by atoms with Gasteiger partial charge in [0.05, 0.1) is 6.54 Å². The summed E-state index contributed by atoms with van der Waals surface area (Å²) in [7, 11) is 3.29. The Kier molecular flexibility index (Phi) is 7.88. The van der Waals surface area contributed by atoms with E-state index in [1.54, 1.807) is 19.0 Å². The summed E-state index contributed by atoms with van der Waals surface area (Å²) in [4.78, 5) is 27.0. The summed E-state index contributed by atoms with van der Waals surface area (Å²) in [5.74, 6) is 0.292. The van der Waals surface area contributed by atoms with Crippen LogP contribution in [0, 0.1) is 5.92 Å². The molecule has 0 heterocycles. The fraction of sp³-hybridized carbons (Fsp3) is 0.444. The molecule has 23 heavy (non-hydrogen) atoms. The van der Waals surface area contributed by atoms with Crippen LogP contribution in [0.15, 0.2) is 36.4 Å². The first-order valence-corrected chi connectivity index (χ1v) is 7.84. The highest BCUT2D eigenvalue weighted by Crippen LogP contribution is 2.04. The average molecular weight is 317 g/mol. The first-order valence-electron chi connectivity index (χ1n) is 7.84. The second-order valence-electron chi connectivity index (χ2n) is 6.06. The Labute approximate surface area is 139 Å². The van der Waals surface area contributed by atoms with Crippen LogP contribution in [0.25, 0.3) is 6.08 Å². The molecule has 0 aliphatic heterocycles. The quantitative estimate of drug-likeness (QED) is 0.840. The summed E-state index contributed by atoms with van der Waals surface area (Å²) in [6.45, 7) is 5.35. The SMILES string of the molecule is CC(C)CN(C/C=C/c1ccccc1)C(=O)CNC(=O)N(C)C. The van der Waals surface area contributed by atoms with E-state index in [0.29, 0.717) is 19.0 Å². The van der Waals surface area contributed by atoms with Crippen molar-refractivity contribution in [2.45, 2.75) is 13.8 Å². The highest BCUT2D eigenvalue weighted by Gasteiger charge is 2.15. The van der Waals surface area contributed by atoms with Gasteiger partial charge in [0.15, 0.2) is 0 Å². The molecule has 3 amide bonds. The van der Waals surface area contributed by atoms with Crippen LogP contribution in [0.3, 0.4) is 0 Å². The second kappa shape index (κ2) is 9.66. The van der Waals surface area contributed by atoms with Crippen molar-refractivity contribution in [3.8, 4) is 0 Å². The van der Waals surface area contributed by atoms with Crippen molar-refractivity contribution in [1.29, 1.82) is 0 Å². The van der Waals surface area contributed by atoms with Crippen LogP contribution >= 0.6 is 0 Å². The minimum absolute atomic E-state index is 0.0168. The van der Waals surface area contributed by atoms with Crippen molar-refractivity contribution in [3.63, 3.8) is 0 Å². The number of hydrogen-bond donors (Lipinski definition) is 1. The zero-order valence-corrected chi connectivity index (χ0v) is 14.5. The number of rotatable bonds is 7. The molecule has 0 unspecified atom stereocenters. The zero-order valence-electron chi connectivity index (χ0n) is 14.5. The van der Waals surface area contributed by atoms with Gasteiger partial charge in [-0.25, -0.2) is 4.79 Å². The largest absolute Gasteiger partial charge is 0.337 e. The summed E-state index contributed by atoms with van der Waals surface area (Å²) in [6.07, 6.45) is 3.97. The number of nitrogens with one attached hydrogen (secondary N) is 1. The maximum absolute atomic E-state index is 12.3. The summed E-state index contributed by atoms with van der Waals surface area (Å²) in [5, 5.41) is 2.62. The molecule has 126 valence electrons. The summed E-state index contributed by atoms with van der Waals surface area (Å²) >= 11 is 0. The predicted octanol–water partition coefficient (Wildman–Crippen LogP) is 2.46. The fourth-order valence-corrected chi connectivity index (χ4v) is 2.02. The van der Waals surface area contributed by atoms with Crippen LogP contribution in [0.2, 0.25) is 0 Å². The number of urea groups is 1. The van der Waals surface area contributed by atoms with E-state index in [4.69, 9.17) is 0 Å². The minimum atomic E-state index is -0.261. The smallest absolute Gasteiger partial charge is 0.317 e. The fourth-order valence-electron chi connectivity index (χ4n) is 2.02. The van der Waals surface area contributed by atoms with Gasteiger partial charge in [0.2, 0.25) is 5.91 Å². The topological polar surface area (TPSA) is 52.7 Å². The molecule has 0 aliphatic rings. The Morgan fingerprint density at radius 3 is 2.39 bits per heavy atom. The van der Waals surface area contributed by atoms with Gasteiger partial charge in [0, 0.05) is 27.2 Å². The van der Waals surface area contributed by atoms with E-state index in [9.17, 15) is 9.59 Å². The van der Waals surface area contributed by atoms with E-state index in [0.717, 1.165) is 5.56 Å². The van der Waals surface area contributed by atoms with Gasteiger partial charge in [-0.2, -0.15) is 0 Å². The molecule has 0 spiro atoms. The third kappa shape index (κ3) is 7.49. The highest BCUT2D eigenvalue weighted by atomic mass is 16.2. The van der Waals surface area contributed by atoms with Crippen LogP contribution in [-0.2, 0) is 4.79 Å². The van der Waals surface area contributed by atoms with Crippen LogP contribution in [0.5, 0.6) is 0 Å². The molecular formula is C18H27N3O2. The first kappa shape index (κ1) is 18.7. The predicted molar refractivity (Wildman–Crippen MR) is 94.0 cm³/mol. The van der Waals surface area contributed by atoms with Gasteiger partial charge in [-0.1, -0.05) is 56.3 Å². The van der Waals surface area contributed by atoms with E-state index in [2.05, 4.69) is 19.2 Å². The third-order valence-corrected chi connectivity index (χ3v) is 3.17. The van der Waals surface area contributed by atoms with Gasteiger partial charge in [0.25, 0.3) is 0 Å². The van der Waals surface area contributed by atoms with E-state index in [1.807, 2.05) is 42.5 Å². The van der Waals surface area contributed by atoms with Gasteiger partial charge in [-0.15, -0.1) is 0 Å². The van der Waals surface area contributed by atoms with Gasteiger partial charge in [-0.3, -0.25) is 4.79 Å². The maximum atomic E-state index is 12.3. The van der Waals surface area contributed by atoms with Crippen molar-refractivity contribution < 1.29 is 9.59 Å². The van der Waals surface area contributed by atoms with Crippen molar-refractivity contribution >= 4 is 18.0 Å². The zero-order chi connectivity index (χ0) is 17.2. The number of benzene rings is 1. The molecule has 0 aliphatic carbocycles. The molecule has 5 heteroatoms. The van der Waals surface area contributed by atoms with Gasteiger partial charge in [-0.05, 0) is 11.5 Å². The number of hydrogen-bond acceptors (Lipinski definition) is 2. The Balaban J connectivity index is 2.59. The molecule has 0 aromatic heterocycles. The normalized spacial score (nSPS) is 10.8. The molecule has 1 rings (SSSR count). The van der Waals surface area contributed by atoms with Gasteiger partial charge < -0.3 is 15.1 Å². The lowest BCUT2D eigenvalue weighted by Gasteiger charge is -2.24. The number of carbonyl (C=O) groups is 2. The molecule has 0 saturated carbocycles. The molecule has 0 bridgehead atoms. The lowest BCUT2D eigenvalue weighted by molar-refractivity contribution is -0.130. The highest BCUT2D eigenvalue weighted by molar-refractivity contribution is 5.84. The Morgan fingerprint density at radius 1 is 1.17 bits per heavy atom. The van der Waals surface area contributed by atoms with Crippen LogP contribution < -0.4 is 5.32 Å². The Morgan fingerprint density at radius 2 is 1.83 bits per heavy atom. The summed E-state index contributed by atoms with van der Waals surface area (Å²) in [6, 6.07) is 9.70. The molecule has 1 N–H and O–H groups in total. The maximum Gasteiger partial charge on any atom is 0.317 e. The average Bonchev–Trinajstić information content (AvgIpc) is 2.51. The lowest BCUT2D eigenvalue weighted by atomic mass is 10.2. The van der Waals surface area contributed by atoms with Crippen molar-refractivity contribution in [2.75, 3.05) is 33.7 Å². The van der Waals surface area contributed by atoms with E-state index in [1.165, 1.54) is 4.90 Å².